The molecule has 2 atom stereocenters. The van der Waals surface area contributed by atoms with Crippen LogP contribution in [0.5, 0.6) is 0 Å². The van der Waals surface area contributed by atoms with Gasteiger partial charge in [0, 0.05) is 16.2 Å². The Morgan fingerprint density at radius 2 is 2.23 bits per heavy atom. The van der Waals surface area contributed by atoms with Crippen molar-refractivity contribution in [2.45, 2.75) is 57.7 Å². The van der Waals surface area contributed by atoms with Gasteiger partial charge in [0.1, 0.15) is 10.8 Å². The van der Waals surface area contributed by atoms with Gasteiger partial charge in [-0.25, -0.2) is 0 Å². The van der Waals surface area contributed by atoms with Crippen LogP contribution in [0.15, 0.2) is 17.5 Å². The highest BCUT2D eigenvalue weighted by atomic mass is 32.2. The van der Waals surface area contributed by atoms with E-state index in [2.05, 4.69) is 4.72 Å². The molecule has 0 saturated heterocycles. The first-order chi connectivity index (χ1) is 10.3. The molecule has 1 fully saturated rings. The number of ether oxygens (including phenoxy) is 1. The van der Waals surface area contributed by atoms with E-state index in [9.17, 15) is 9.35 Å². The van der Waals surface area contributed by atoms with E-state index < -0.39 is 16.8 Å². The zero-order valence-corrected chi connectivity index (χ0v) is 15.3. The lowest BCUT2D eigenvalue weighted by Gasteiger charge is -2.45. The molecule has 1 unspecified atom stereocenters. The van der Waals surface area contributed by atoms with Crippen molar-refractivity contribution in [3.63, 3.8) is 0 Å². The van der Waals surface area contributed by atoms with E-state index in [0.717, 1.165) is 24.1 Å². The van der Waals surface area contributed by atoms with Gasteiger partial charge in [0.15, 0.2) is 0 Å². The molecule has 1 heterocycles. The molecule has 1 aliphatic carbocycles. The van der Waals surface area contributed by atoms with Gasteiger partial charge in [-0.3, -0.25) is 4.79 Å². The van der Waals surface area contributed by atoms with Crippen LogP contribution < -0.4 is 4.72 Å². The standard InChI is InChI=1S/C16H25NO3S2/c1-5-20-14(18)16(9-7-10-16)13(12-8-6-11-21-12)17-22(19)15(2,3)4/h6,8,11,13,17H,5,7,9-10H2,1-4H3/t13-,22?/m0/s1. The summed E-state index contributed by atoms with van der Waals surface area (Å²) in [5.41, 5.74) is -0.582. The zero-order chi connectivity index (χ0) is 16.4. The molecule has 124 valence electrons. The van der Waals surface area contributed by atoms with E-state index in [-0.39, 0.29) is 16.8 Å². The Bertz CT molecular complexity index is 492. The highest BCUT2D eigenvalue weighted by Gasteiger charge is 2.54. The predicted molar refractivity (Wildman–Crippen MR) is 91.0 cm³/mol. The van der Waals surface area contributed by atoms with Crippen LogP contribution in [0.25, 0.3) is 0 Å². The lowest BCUT2D eigenvalue weighted by molar-refractivity contribution is -0.163. The molecule has 0 bridgehead atoms. The van der Waals surface area contributed by atoms with Gasteiger partial charge in [0.25, 0.3) is 0 Å². The maximum atomic E-state index is 12.6. The molecule has 22 heavy (non-hydrogen) atoms. The van der Waals surface area contributed by atoms with Crippen molar-refractivity contribution in [2.24, 2.45) is 5.41 Å². The third-order valence-electron chi connectivity index (χ3n) is 4.09. The van der Waals surface area contributed by atoms with Gasteiger partial charge in [0.2, 0.25) is 0 Å². The van der Waals surface area contributed by atoms with Crippen molar-refractivity contribution in [1.82, 2.24) is 4.72 Å². The topological polar surface area (TPSA) is 61.4 Å². The molecule has 1 saturated carbocycles. The number of rotatable bonds is 6. The fraction of sp³-hybridized carbons (Fsp3) is 0.688. The Labute approximate surface area is 139 Å². The lowest BCUT2D eigenvalue weighted by Crippen LogP contribution is -2.53. The molecule has 0 aliphatic heterocycles. The van der Waals surface area contributed by atoms with Crippen molar-refractivity contribution in [2.75, 3.05) is 6.61 Å². The van der Waals surface area contributed by atoms with Crippen molar-refractivity contribution in [3.8, 4) is 0 Å². The number of nitrogens with one attached hydrogen (secondary N) is 1. The van der Waals surface area contributed by atoms with E-state index >= 15 is 0 Å². The minimum Gasteiger partial charge on any atom is -0.598 e. The Kier molecular flexibility index (Phi) is 5.59. The van der Waals surface area contributed by atoms with E-state index in [4.69, 9.17) is 4.74 Å². The average molecular weight is 344 g/mol. The number of carbonyl (C=O) groups is 1. The Morgan fingerprint density at radius 1 is 1.55 bits per heavy atom. The van der Waals surface area contributed by atoms with Crippen LogP contribution in [-0.4, -0.2) is 21.9 Å². The normalized spacial score (nSPS) is 20.0. The fourth-order valence-electron chi connectivity index (χ4n) is 2.63. The Balaban J connectivity index is 2.30. The number of hydrogen-bond acceptors (Lipinski definition) is 5. The van der Waals surface area contributed by atoms with E-state index in [1.807, 2.05) is 45.2 Å². The molecule has 0 amide bonds. The molecule has 2 rings (SSSR count). The van der Waals surface area contributed by atoms with Gasteiger partial charge < -0.3 is 9.29 Å². The van der Waals surface area contributed by atoms with E-state index in [0.29, 0.717) is 6.61 Å². The maximum absolute atomic E-state index is 12.6. The summed E-state index contributed by atoms with van der Waals surface area (Å²) in [5.74, 6) is -0.168. The van der Waals surface area contributed by atoms with Crippen LogP contribution >= 0.6 is 11.3 Å². The zero-order valence-electron chi connectivity index (χ0n) is 13.7. The maximum Gasteiger partial charge on any atom is 0.314 e. The van der Waals surface area contributed by atoms with Gasteiger partial charge in [-0.05, 0) is 52.0 Å². The molecular weight excluding hydrogens is 318 g/mol. The van der Waals surface area contributed by atoms with Crippen molar-refractivity contribution < 1.29 is 14.1 Å². The second-order valence-corrected chi connectivity index (χ2v) is 9.65. The molecule has 4 nitrogen and oxygen atoms in total. The summed E-state index contributed by atoms with van der Waals surface area (Å²) in [5, 5.41) is 1.99. The van der Waals surface area contributed by atoms with Crippen molar-refractivity contribution in [3.05, 3.63) is 22.4 Å². The summed E-state index contributed by atoms with van der Waals surface area (Å²) in [6, 6.07) is 3.72. The largest absolute Gasteiger partial charge is 0.598 e. The van der Waals surface area contributed by atoms with Crippen LogP contribution in [0.2, 0.25) is 0 Å². The van der Waals surface area contributed by atoms with Crippen LogP contribution in [0.4, 0.5) is 0 Å². The molecule has 6 heteroatoms. The number of thiophene rings is 1. The third-order valence-corrected chi connectivity index (χ3v) is 6.59. The van der Waals surface area contributed by atoms with Gasteiger partial charge in [-0.1, -0.05) is 12.5 Å². The average Bonchev–Trinajstić information content (AvgIpc) is 2.88. The van der Waals surface area contributed by atoms with Crippen LogP contribution in [0.3, 0.4) is 0 Å². The van der Waals surface area contributed by atoms with Crippen LogP contribution in [0, 0.1) is 5.41 Å². The summed E-state index contributed by atoms with van der Waals surface area (Å²) in [6.07, 6.45) is 2.57. The predicted octanol–water partition coefficient (Wildman–Crippen LogP) is 3.57. The first-order valence-electron chi connectivity index (χ1n) is 7.70. The highest BCUT2D eigenvalue weighted by Crippen LogP contribution is 2.52. The SMILES string of the molecule is CCOC(=O)C1([C@@H](N[S+]([O-])C(C)(C)C)c2cccs2)CCC1. The molecular formula is C16H25NO3S2. The number of hydrogen-bond donors (Lipinski definition) is 1. The lowest BCUT2D eigenvalue weighted by atomic mass is 9.64. The number of esters is 1. The van der Waals surface area contributed by atoms with Gasteiger partial charge in [-0.15, -0.1) is 16.1 Å². The molecule has 1 N–H and O–H groups in total. The summed E-state index contributed by atoms with van der Waals surface area (Å²) in [7, 11) is 0. The van der Waals surface area contributed by atoms with Crippen molar-refractivity contribution >= 4 is 28.7 Å². The second-order valence-electron chi connectivity index (χ2n) is 6.68. The van der Waals surface area contributed by atoms with E-state index in [1.54, 1.807) is 11.3 Å². The van der Waals surface area contributed by atoms with Crippen LogP contribution in [0.1, 0.15) is 57.9 Å². The van der Waals surface area contributed by atoms with Crippen molar-refractivity contribution in [1.29, 1.82) is 0 Å². The molecule has 1 aromatic heterocycles. The summed E-state index contributed by atoms with van der Waals surface area (Å²) in [6.45, 7) is 7.99. The quantitative estimate of drug-likeness (QED) is 0.633. The second kappa shape index (κ2) is 6.91. The summed E-state index contributed by atoms with van der Waals surface area (Å²) in [4.78, 5) is 13.6. The first kappa shape index (κ1) is 17.8. The Morgan fingerprint density at radius 3 is 2.64 bits per heavy atom. The minimum absolute atomic E-state index is 0.168. The first-order valence-corrected chi connectivity index (χ1v) is 9.73. The van der Waals surface area contributed by atoms with Crippen LogP contribution in [-0.2, 0) is 20.9 Å². The smallest absolute Gasteiger partial charge is 0.314 e. The molecule has 1 aromatic rings. The monoisotopic (exact) mass is 343 g/mol. The molecule has 0 spiro atoms. The summed E-state index contributed by atoms with van der Waals surface area (Å²) >= 11 is 0.353. The third kappa shape index (κ3) is 3.50. The highest BCUT2D eigenvalue weighted by molar-refractivity contribution is 7.90. The van der Waals surface area contributed by atoms with Gasteiger partial charge >= 0.3 is 5.97 Å². The fourth-order valence-corrected chi connectivity index (χ4v) is 4.51. The molecule has 0 radical (unpaired) electrons. The molecule has 1 aliphatic rings. The van der Waals surface area contributed by atoms with Gasteiger partial charge in [-0.2, -0.15) is 0 Å². The van der Waals surface area contributed by atoms with Gasteiger partial charge in [0.05, 0.1) is 12.0 Å². The van der Waals surface area contributed by atoms with E-state index in [1.165, 1.54) is 0 Å². The Hall–Kier alpha value is -0.560. The number of carbonyl (C=O) groups excluding carboxylic acids is 1. The molecule has 0 aromatic carbocycles. The minimum atomic E-state index is -1.24. The summed E-state index contributed by atoms with van der Waals surface area (Å²) < 4.78 is 20.8.